The number of ether oxygens (including phenoxy) is 2. The van der Waals surface area contributed by atoms with Crippen molar-refractivity contribution in [3.8, 4) is 5.75 Å². The molecule has 0 saturated carbocycles. The molecule has 32 heavy (non-hydrogen) atoms. The minimum Gasteiger partial charge on any atom is -0.490 e. The van der Waals surface area contributed by atoms with Gasteiger partial charge >= 0.3 is 0 Å². The van der Waals surface area contributed by atoms with Gasteiger partial charge in [-0.15, -0.1) is 0 Å². The molecule has 2 aromatic rings. The van der Waals surface area contributed by atoms with E-state index in [-0.39, 0.29) is 18.3 Å². The van der Waals surface area contributed by atoms with Crippen LogP contribution in [0.5, 0.6) is 5.75 Å². The molecule has 0 spiro atoms. The van der Waals surface area contributed by atoms with Gasteiger partial charge in [0.2, 0.25) is 11.2 Å². The fourth-order valence-electron chi connectivity index (χ4n) is 3.45. The van der Waals surface area contributed by atoms with Gasteiger partial charge in [-0.25, -0.2) is 9.19 Å². The quantitative estimate of drug-likeness (QED) is 0.593. The van der Waals surface area contributed by atoms with Crippen molar-refractivity contribution in [3.05, 3.63) is 47.7 Å². The second-order valence-corrected chi connectivity index (χ2v) is 9.02. The molecule has 2 aliphatic rings. The Morgan fingerprint density at radius 3 is 2.91 bits per heavy atom. The lowest BCUT2D eigenvalue weighted by Gasteiger charge is -2.29. The van der Waals surface area contributed by atoms with Crippen molar-refractivity contribution >= 4 is 34.4 Å². The number of anilines is 2. The van der Waals surface area contributed by atoms with Gasteiger partial charge < -0.3 is 25.4 Å². The van der Waals surface area contributed by atoms with Crippen molar-refractivity contribution in [2.24, 2.45) is 10.1 Å². The second kappa shape index (κ2) is 9.13. The molecule has 0 aliphatic carbocycles. The molecule has 1 saturated heterocycles. The van der Waals surface area contributed by atoms with E-state index in [1.165, 1.54) is 0 Å². The van der Waals surface area contributed by atoms with Gasteiger partial charge in [0.1, 0.15) is 24.0 Å². The van der Waals surface area contributed by atoms with E-state index in [9.17, 15) is 9.00 Å². The second-order valence-electron chi connectivity index (χ2n) is 8.14. The molecule has 1 fully saturated rings. The summed E-state index contributed by atoms with van der Waals surface area (Å²) in [5.41, 5.74) is 6.94. The van der Waals surface area contributed by atoms with Gasteiger partial charge in [-0.2, -0.15) is 4.40 Å². The maximum atomic E-state index is 12.9. The number of hydrogen-bond acceptors (Lipinski definition) is 7. The van der Waals surface area contributed by atoms with Crippen LogP contribution < -0.4 is 25.4 Å². The van der Waals surface area contributed by atoms with E-state index in [1.54, 1.807) is 36.5 Å². The first kappa shape index (κ1) is 22.0. The van der Waals surface area contributed by atoms with Crippen LogP contribution in [0.4, 0.5) is 11.5 Å². The van der Waals surface area contributed by atoms with Gasteiger partial charge in [-0.3, -0.25) is 9.52 Å². The smallest absolute Gasteiger partial charge is 0.252 e. The summed E-state index contributed by atoms with van der Waals surface area (Å²) in [5, 5.41) is 3.01. The third kappa shape index (κ3) is 5.00. The number of rotatable bonds is 6. The number of amides is 1. The molecular weight excluding hydrogens is 432 g/mol. The average Bonchev–Trinajstić information content (AvgIpc) is 2.78. The van der Waals surface area contributed by atoms with E-state index in [4.69, 9.17) is 15.2 Å². The summed E-state index contributed by atoms with van der Waals surface area (Å²) < 4.78 is 29.6. The van der Waals surface area contributed by atoms with Gasteiger partial charge in [-0.1, -0.05) is 6.07 Å². The lowest BCUT2D eigenvalue weighted by molar-refractivity contribution is 0.0880. The van der Waals surface area contributed by atoms with Crippen LogP contribution in [-0.4, -0.2) is 59.4 Å². The van der Waals surface area contributed by atoms with Crippen LogP contribution >= 0.6 is 0 Å². The van der Waals surface area contributed by atoms with Gasteiger partial charge in [0, 0.05) is 24.8 Å². The van der Waals surface area contributed by atoms with Crippen LogP contribution in [0, 0.1) is 0 Å². The fourth-order valence-corrected chi connectivity index (χ4v) is 4.13. The third-order valence-electron chi connectivity index (χ3n) is 5.04. The first-order valence-electron chi connectivity index (χ1n) is 10.2. The fraction of sp³-hybridized carbons (Fsp3) is 0.381. The molecule has 1 amide bonds. The zero-order valence-electron chi connectivity index (χ0n) is 18.0. The molecule has 1 unspecified atom stereocenters. The van der Waals surface area contributed by atoms with Crippen molar-refractivity contribution < 1.29 is 18.5 Å². The third-order valence-corrected chi connectivity index (χ3v) is 5.80. The summed E-state index contributed by atoms with van der Waals surface area (Å²) in [7, 11) is 0. The summed E-state index contributed by atoms with van der Waals surface area (Å²) in [6.45, 7) is 6.71. The highest BCUT2D eigenvalue weighted by atomic mass is 32.2. The van der Waals surface area contributed by atoms with E-state index in [0.717, 1.165) is 18.9 Å². The highest BCUT2D eigenvalue weighted by Crippen LogP contribution is 2.30. The largest absolute Gasteiger partial charge is 0.490 e. The van der Waals surface area contributed by atoms with Gasteiger partial charge in [-0.05, 0) is 38.1 Å². The molecule has 4 N–H and O–H groups in total. The van der Waals surface area contributed by atoms with Crippen LogP contribution in [0.2, 0.25) is 0 Å². The molecule has 3 heterocycles. The Hall–Kier alpha value is -3.18. The Morgan fingerprint density at radius 1 is 1.34 bits per heavy atom. The molecule has 1 atom stereocenters. The van der Waals surface area contributed by atoms with Gasteiger partial charge in [0.05, 0.1) is 30.0 Å². The number of hydrogen-bond donors (Lipinski definition) is 3. The number of morpholine rings is 1. The van der Waals surface area contributed by atoms with Crippen LogP contribution in [0.1, 0.15) is 29.8 Å². The molecule has 0 radical (unpaired) electrons. The average molecular weight is 459 g/mol. The van der Waals surface area contributed by atoms with Crippen molar-refractivity contribution in [2.75, 3.05) is 42.5 Å². The van der Waals surface area contributed by atoms with Gasteiger partial charge in [0.25, 0.3) is 5.91 Å². The highest BCUT2D eigenvalue weighted by molar-refractivity contribution is 7.85. The normalized spacial score (nSPS) is 18.2. The van der Waals surface area contributed by atoms with Crippen LogP contribution in [0.3, 0.4) is 0 Å². The lowest BCUT2D eigenvalue weighted by atomic mass is 10.1. The van der Waals surface area contributed by atoms with Crippen molar-refractivity contribution in [1.82, 2.24) is 10.3 Å². The Morgan fingerprint density at radius 2 is 2.12 bits per heavy atom. The molecule has 0 bridgehead atoms. The molecule has 1 aromatic carbocycles. The SMILES string of the molecule is CC(C)(COc1cccc2c1C(N)=NS(=O)N2)NC(=O)c1ccnc(N2CCOCC2)c1. The van der Waals surface area contributed by atoms with E-state index in [1.807, 2.05) is 13.8 Å². The zero-order valence-corrected chi connectivity index (χ0v) is 18.8. The molecule has 1 aromatic heterocycles. The van der Waals surface area contributed by atoms with Gasteiger partial charge in [0.15, 0.2) is 0 Å². The molecule has 2 aliphatic heterocycles. The lowest BCUT2D eigenvalue weighted by Crippen LogP contribution is -2.48. The molecule has 10 nitrogen and oxygen atoms in total. The Kier molecular flexibility index (Phi) is 6.28. The minimum absolute atomic E-state index is 0.141. The highest BCUT2D eigenvalue weighted by Gasteiger charge is 2.26. The van der Waals surface area contributed by atoms with Crippen LogP contribution in [-0.2, 0) is 15.9 Å². The maximum Gasteiger partial charge on any atom is 0.252 e. The molecule has 11 heteroatoms. The number of carbonyl (C=O) groups is 1. The number of benzene rings is 1. The minimum atomic E-state index is -1.61. The van der Waals surface area contributed by atoms with Crippen molar-refractivity contribution in [2.45, 2.75) is 19.4 Å². The van der Waals surface area contributed by atoms with Crippen molar-refractivity contribution in [1.29, 1.82) is 0 Å². The Labute approximate surface area is 188 Å². The van der Waals surface area contributed by atoms with E-state index in [0.29, 0.717) is 35.8 Å². The topological polar surface area (TPSA) is 131 Å². The monoisotopic (exact) mass is 458 g/mol. The van der Waals surface area contributed by atoms with Crippen molar-refractivity contribution in [3.63, 3.8) is 0 Å². The summed E-state index contributed by atoms with van der Waals surface area (Å²) in [6, 6.07) is 8.75. The number of aromatic nitrogens is 1. The number of nitrogens with zero attached hydrogens (tertiary/aromatic N) is 3. The Balaban J connectivity index is 1.43. The Bertz CT molecular complexity index is 1070. The number of amidine groups is 1. The van der Waals surface area contributed by atoms with Crippen LogP contribution in [0.25, 0.3) is 0 Å². The number of fused-ring (bicyclic) bond motifs is 1. The maximum absolute atomic E-state index is 12.9. The first-order chi connectivity index (χ1) is 15.3. The standard InChI is InChI=1S/C21H26N6O4S/c1-21(2,13-31-16-5-3-4-15-18(16)19(22)26-32(29)25-15)24-20(28)14-6-7-23-17(12-14)27-8-10-30-11-9-27/h3-7,12,25H,8-11,13H2,1-2H3,(H2,22,26)(H,24,28). The summed E-state index contributed by atoms with van der Waals surface area (Å²) in [6.07, 6.45) is 1.64. The first-order valence-corrected chi connectivity index (χ1v) is 11.3. The van der Waals surface area contributed by atoms with E-state index >= 15 is 0 Å². The number of pyridine rings is 1. The molecule has 4 rings (SSSR count). The predicted octanol–water partition coefficient (Wildman–Crippen LogP) is 1.22. The van der Waals surface area contributed by atoms with E-state index in [2.05, 4.69) is 24.3 Å². The molecule has 170 valence electrons. The number of nitrogens with one attached hydrogen (secondary N) is 2. The summed E-state index contributed by atoms with van der Waals surface area (Å²) >= 11 is -1.61. The summed E-state index contributed by atoms with van der Waals surface area (Å²) in [5.74, 6) is 1.17. The summed E-state index contributed by atoms with van der Waals surface area (Å²) in [4.78, 5) is 19.4. The van der Waals surface area contributed by atoms with Crippen LogP contribution in [0.15, 0.2) is 40.9 Å². The number of nitrogens with two attached hydrogens (primary N) is 1. The predicted molar refractivity (Wildman–Crippen MR) is 123 cm³/mol. The molecular formula is C21H26N6O4S. The number of carbonyl (C=O) groups excluding carboxylic acids is 1. The van der Waals surface area contributed by atoms with E-state index < -0.39 is 16.7 Å². The zero-order chi connectivity index (χ0) is 22.7.